The first-order chi connectivity index (χ1) is 6.40. The predicted octanol–water partition coefficient (Wildman–Crippen LogP) is -0.176. The van der Waals surface area contributed by atoms with Crippen molar-refractivity contribution in [3.63, 3.8) is 0 Å². The van der Waals surface area contributed by atoms with Crippen molar-refractivity contribution in [2.75, 3.05) is 0 Å². The van der Waals surface area contributed by atoms with Crippen LogP contribution in [0.25, 0.3) is 0 Å². The molecule has 14 heavy (non-hydrogen) atoms. The van der Waals surface area contributed by atoms with Crippen LogP contribution in [0.1, 0.15) is 0 Å². The van der Waals surface area contributed by atoms with Gasteiger partial charge in [-0.2, -0.15) is 0 Å². The van der Waals surface area contributed by atoms with E-state index in [0.29, 0.717) is 0 Å². The number of benzene rings is 1. The molecule has 0 spiro atoms. The van der Waals surface area contributed by atoms with Gasteiger partial charge in [-0.1, -0.05) is 0 Å². The average molecular weight is 263 g/mol. The molecule has 0 aliphatic carbocycles. The molecule has 0 amide bonds. The normalized spacial score (nSPS) is 11.0. The maximum atomic E-state index is 10.5. The first-order valence-corrected chi connectivity index (χ1v) is 6.60. The minimum atomic E-state index is -5.35. The van der Waals surface area contributed by atoms with E-state index in [2.05, 4.69) is 3.73 Å². The molecule has 0 atom stereocenters. The molecule has 1 aromatic rings. The number of nitro groups is 1. The molecule has 0 aliphatic rings. The van der Waals surface area contributed by atoms with Crippen molar-refractivity contribution < 1.29 is 20.6 Å². The summed E-state index contributed by atoms with van der Waals surface area (Å²) in [5.41, 5.74) is -0.475. The number of hydrogen-bond donors (Lipinski definition) is 2. The third-order valence-corrected chi connectivity index (χ3v) is 2.19. The quantitative estimate of drug-likeness (QED) is 0.445. The fourth-order valence-electron chi connectivity index (χ4n) is 0.813. The van der Waals surface area contributed by atoms with Crippen LogP contribution in [0.4, 0.5) is 5.69 Å². The van der Waals surface area contributed by atoms with Gasteiger partial charge >= 0.3 is 80.9 Å². The maximum absolute atomic E-state index is 10.5. The molecule has 0 aromatic heterocycles. The third kappa shape index (κ3) is 2.88. The number of nitrogens with zero attached hydrogens (tertiary/aromatic N) is 1. The Morgan fingerprint density at radius 2 is 1.93 bits per heavy atom. The molecule has 0 saturated carbocycles. The van der Waals surface area contributed by atoms with Gasteiger partial charge < -0.3 is 0 Å². The van der Waals surface area contributed by atoms with Gasteiger partial charge in [0.25, 0.3) is 0 Å². The van der Waals surface area contributed by atoms with E-state index in [4.69, 9.17) is 8.19 Å². The Morgan fingerprint density at radius 3 is 2.43 bits per heavy atom. The standard InChI is InChI=1S/C6H6AsNO6/c9-7(10,11)14-6-4-2-1-3-5(6)8(12)13/h1-4H,(H2,9,10,11). The monoisotopic (exact) mass is 263 g/mol. The summed E-state index contributed by atoms with van der Waals surface area (Å²) >= 11 is -5.35. The summed E-state index contributed by atoms with van der Waals surface area (Å²) in [4.78, 5) is 9.61. The Hall–Kier alpha value is -1.30. The Labute approximate surface area is 81.4 Å². The van der Waals surface area contributed by atoms with Crippen LogP contribution in [0.2, 0.25) is 0 Å². The van der Waals surface area contributed by atoms with Crippen molar-refractivity contribution in [3.05, 3.63) is 34.4 Å². The molecule has 7 nitrogen and oxygen atoms in total. The fraction of sp³-hybridized carbons (Fsp3) is 0. The van der Waals surface area contributed by atoms with Crippen LogP contribution in [-0.4, -0.2) is 27.6 Å². The Morgan fingerprint density at radius 1 is 1.36 bits per heavy atom. The summed E-state index contributed by atoms with van der Waals surface area (Å²) in [5, 5.41) is 10.4. The van der Waals surface area contributed by atoms with E-state index in [-0.39, 0.29) is 0 Å². The average Bonchev–Trinajstić information content (AvgIpc) is 2.01. The molecule has 1 rings (SSSR count). The molecule has 0 fully saturated rings. The summed E-state index contributed by atoms with van der Waals surface area (Å²) < 4.78 is 31.7. The van der Waals surface area contributed by atoms with E-state index in [1.807, 2.05) is 0 Å². The number of para-hydroxylation sites is 2. The van der Waals surface area contributed by atoms with Crippen LogP contribution in [0.15, 0.2) is 24.3 Å². The van der Waals surface area contributed by atoms with Crippen molar-refractivity contribution in [2.24, 2.45) is 0 Å². The second-order valence-corrected chi connectivity index (χ2v) is 4.75. The van der Waals surface area contributed by atoms with Gasteiger partial charge in [-0.3, -0.25) is 0 Å². The van der Waals surface area contributed by atoms with E-state index in [9.17, 15) is 13.9 Å². The van der Waals surface area contributed by atoms with E-state index in [1.165, 1.54) is 12.1 Å². The Bertz CT molecular complexity index is 399. The molecule has 8 heteroatoms. The molecule has 76 valence electrons. The van der Waals surface area contributed by atoms with Crippen LogP contribution < -0.4 is 3.73 Å². The molecular formula is C6H6AsNO6. The predicted molar refractivity (Wildman–Crippen MR) is 44.6 cm³/mol. The van der Waals surface area contributed by atoms with Gasteiger partial charge in [-0.15, -0.1) is 0 Å². The zero-order valence-corrected chi connectivity index (χ0v) is 8.61. The fourth-order valence-corrected chi connectivity index (χ4v) is 1.67. The van der Waals surface area contributed by atoms with E-state index < -0.39 is 30.9 Å². The molecule has 0 aliphatic heterocycles. The van der Waals surface area contributed by atoms with Crippen LogP contribution in [0.5, 0.6) is 5.75 Å². The number of hydrogen-bond acceptors (Lipinski definition) is 4. The van der Waals surface area contributed by atoms with E-state index in [1.54, 1.807) is 0 Å². The second kappa shape index (κ2) is 3.83. The first-order valence-electron chi connectivity index (χ1n) is 3.39. The van der Waals surface area contributed by atoms with Gasteiger partial charge in [0, 0.05) is 0 Å². The second-order valence-electron chi connectivity index (χ2n) is 2.31. The van der Waals surface area contributed by atoms with Crippen molar-refractivity contribution >= 4 is 20.2 Å². The van der Waals surface area contributed by atoms with Crippen LogP contribution >= 0.6 is 0 Å². The summed E-state index contributed by atoms with van der Waals surface area (Å²) in [6, 6.07) is 4.98. The Kier molecular flexibility index (Phi) is 2.95. The molecule has 0 heterocycles. The molecular weight excluding hydrogens is 257 g/mol. The van der Waals surface area contributed by atoms with Gasteiger partial charge in [-0.05, 0) is 0 Å². The molecule has 2 N–H and O–H groups in total. The topological polar surface area (TPSA) is 110 Å². The summed E-state index contributed by atoms with van der Waals surface area (Å²) in [6.07, 6.45) is 0. The molecule has 0 radical (unpaired) electrons. The molecule has 1 aromatic carbocycles. The van der Waals surface area contributed by atoms with Crippen LogP contribution in [-0.2, 0) is 3.74 Å². The van der Waals surface area contributed by atoms with E-state index >= 15 is 0 Å². The zero-order valence-electron chi connectivity index (χ0n) is 6.73. The van der Waals surface area contributed by atoms with Crippen molar-refractivity contribution in [3.8, 4) is 5.75 Å². The number of nitro benzene ring substituents is 1. The summed E-state index contributed by atoms with van der Waals surface area (Å²) in [7, 11) is 0. The van der Waals surface area contributed by atoms with E-state index in [0.717, 1.165) is 12.1 Å². The summed E-state index contributed by atoms with van der Waals surface area (Å²) in [6.45, 7) is 0. The first kappa shape index (κ1) is 10.8. The SMILES string of the molecule is O=[N+]([O-])c1ccccc1O[As](=O)(O)O. The van der Waals surface area contributed by atoms with Gasteiger partial charge in [0.05, 0.1) is 0 Å². The van der Waals surface area contributed by atoms with Crippen LogP contribution in [0.3, 0.4) is 0 Å². The zero-order chi connectivity index (χ0) is 10.8. The van der Waals surface area contributed by atoms with Gasteiger partial charge in [0.1, 0.15) is 0 Å². The molecule has 0 unspecified atom stereocenters. The van der Waals surface area contributed by atoms with Crippen molar-refractivity contribution in [1.82, 2.24) is 0 Å². The summed E-state index contributed by atoms with van der Waals surface area (Å²) in [5.74, 6) is -0.426. The van der Waals surface area contributed by atoms with Gasteiger partial charge in [0.15, 0.2) is 0 Å². The molecule has 0 bridgehead atoms. The van der Waals surface area contributed by atoms with Crippen LogP contribution in [0, 0.1) is 10.1 Å². The Balaban J connectivity index is 3.08. The van der Waals surface area contributed by atoms with Gasteiger partial charge in [0.2, 0.25) is 0 Å². The van der Waals surface area contributed by atoms with Crippen molar-refractivity contribution in [2.45, 2.75) is 0 Å². The third-order valence-electron chi connectivity index (χ3n) is 1.28. The molecule has 0 saturated heterocycles. The number of rotatable bonds is 3. The van der Waals surface area contributed by atoms with Crippen molar-refractivity contribution in [1.29, 1.82) is 0 Å². The van der Waals surface area contributed by atoms with Gasteiger partial charge in [-0.25, -0.2) is 0 Å². The minimum absolute atomic E-state index is 0.426.